The van der Waals surface area contributed by atoms with Gasteiger partial charge in [-0.3, -0.25) is 9.69 Å². The van der Waals surface area contributed by atoms with E-state index in [0.29, 0.717) is 40.5 Å². The molecule has 0 bridgehead atoms. The number of thiophene rings is 1. The lowest BCUT2D eigenvalue weighted by Crippen LogP contribution is -2.34. The van der Waals surface area contributed by atoms with Crippen molar-refractivity contribution in [1.29, 1.82) is 0 Å². The Bertz CT molecular complexity index is 426. The Morgan fingerprint density at radius 1 is 1.25 bits per heavy atom. The number of hydrogen-bond donors (Lipinski definition) is 0. The second kappa shape index (κ2) is 9.71. The maximum absolute atomic E-state index is 12.2. The van der Waals surface area contributed by atoms with E-state index in [9.17, 15) is 4.79 Å². The van der Waals surface area contributed by atoms with Gasteiger partial charge in [0.25, 0.3) is 0 Å². The summed E-state index contributed by atoms with van der Waals surface area (Å²) < 4.78 is 11.1. The monoisotopic (exact) mass is 339 g/mol. The molecule has 7 heteroatoms. The summed E-state index contributed by atoms with van der Waals surface area (Å²) >= 11 is 13.1. The van der Waals surface area contributed by atoms with Gasteiger partial charge in [0.1, 0.15) is 4.34 Å². The van der Waals surface area contributed by atoms with Gasteiger partial charge in [0.05, 0.1) is 23.1 Å². The number of carbonyl (C=O) groups is 1. The van der Waals surface area contributed by atoms with Crippen molar-refractivity contribution in [3.05, 3.63) is 20.3 Å². The summed E-state index contributed by atoms with van der Waals surface area (Å²) in [6.45, 7) is 3.03. The van der Waals surface area contributed by atoms with E-state index in [0.717, 1.165) is 13.0 Å². The number of ketones is 1. The summed E-state index contributed by atoms with van der Waals surface area (Å²) in [4.78, 5) is 14.3. The minimum absolute atomic E-state index is 0.0216. The Balaban J connectivity index is 2.58. The van der Waals surface area contributed by atoms with Gasteiger partial charge in [-0.15, -0.1) is 11.3 Å². The van der Waals surface area contributed by atoms with Crippen LogP contribution in [0.1, 0.15) is 16.8 Å². The van der Waals surface area contributed by atoms with E-state index in [1.165, 1.54) is 11.3 Å². The number of rotatable bonds is 10. The molecule has 0 atom stereocenters. The molecular weight excluding hydrogens is 321 g/mol. The Morgan fingerprint density at radius 2 is 1.95 bits per heavy atom. The van der Waals surface area contributed by atoms with Gasteiger partial charge in [-0.2, -0.15) is 0 Å². The molecule has 1 rings (SSSR count). The lowest BCUT2D eigenvalue weighted by Gasteiger charge is -2.20. The van der Waals surface area contributed by atoms with E-state index >= 15 is 0 Å². The van der Waals surface area contributed by atoms with Crippen LogP contribution in [0.3, 0.4) is 0 Å². The second-order valence-corrected chi connectivity index (χ2v) is 6.56. The number of ether oxygens (including phenoxy) is 2. The first-order valence-corrected chi connectivity index (χ1v) is 7.84. The first kappa shape index (κ1) is 17.9. The predicted octanol–water partition coefficient (Wildman–Crippen LogP) is 3.22. The fraction of sp³-hybridized carbons (Fsp3) is 0.615. The highest BCUT2D eigenvalue weighted by atomic mass is 35.5. The van der Waals surface area contributed by atoms with Crippen molar-refractivity contribution in [3.8, 4) is 0 Å². The third-order valence-corrected chi connectivity index (χ3v) is 4.25. The molecule has 0 radical (unpaired) electrons. The number of halogens is 2. The molecule has 4 nitrogen and oxygen atoms in total. The molecule has 0 aliphatic carbocycles. The number of methoxy groups -OCH3 is 2. The largest absolute Gasteiger partial charge is 0.385 e. The number of carbonyl (C=O) groups excluding carboxylic acids is 1. The molecule has 0 unspecified atom stereocenters. The highest BCUT2D eigenvalue weighted by molar-refractivity contribution is 7.20. The SMILES string of the molecule is COCCCN(CCOC)CC(=O)c1cc(Cl)sc1Cl. The van der Waals surface area contributed by atoms with Gasteiger partial charge in [0, 0.05) is 33.9 Å². The van der Waals surface area contributed by atoms with Crippen molar-refractivity contribution in [3.63, 3.8) is 0 Å². The van der Waals surface area contributed by atoms with Gasteiger partial charge in [-0.25, -0.2) is 0 Å². The summed E-state index contributed by atoms with van der Waals surface area (Å²) in [5.41, 5.74) is 0.496. The van der Waals surface area contributed by atoms with Crippen molar-refractivity contribution in [2.24, 2.45) is 0 Å². The molecule has 0 aliphatic heterocycles. The first-order valence-electron chi connectivity index (χ1n) is 6.26. The molecule has 20 heavy (non-hydrogen) atoms. The standard InChI is InChI=1S/C13H19Cl2NO3S/c1-18-6-3-4-16(5-7-19-2)9-11(17)10-8-12(14)20-13(10)15/h8H,3-7,9H2,1-2H3. The zero-order valence-electron chi connectivity index (χ0n) is 11.7. The van der Waals surface area contributed by atoms with E-state index in [2.05, 4.69) is 0 Å². The summed E-state index contributed by atoms with van der Waals surface area (Å²) in [7, 11) is 3.31. The van der Waals surface area contributed by atoms with Crippen LogP contribution in [-0.4, -0.2) is 57.8 Å². The molecule has 0 saturated heterocycles. The molecule has 114 valence electrons. The number of hydrogen-bond acceptors (Lipinski definition) is 5. The molecule has 0 aromatic carbocycles. The third-order valence-electron chi connectivity index (χ3n) is 2.76. The maximum Gasteiger partial charge on any atom is 0.179 e. The average molecular weight is 340 g/mol. The van der Waals surface area contributed by atoms with Gasteiger partial charge in [-0.1, -0.05) is 23.2 Å². The summed E-state index contributed by atoms with van der Waals surface area (Å²) in [6, 6.07) is 1.63. The summed E-state index contributed by atoms with van der Waals surface area (Å²) in [6.07, 6.45) is 0.867. The maximum atomic E-state index is 12.2. The number of Topliss-reactive ketones (excluding diaryl/α,β-unsaturated/α-hetero) is 1. The first-order chi connectivity index (χ1) is 9.58. The van der Waals surface area contributed by atoms with Crippen molar-refractivity contribution in [2.75, 3.05) is 47.1 Å². The van der Waals surface area contributed by atoms with E-state index < -0.39 is 0 Å². The molecule has 0 saturated carbocycles. The Hall–Kier alpha value is -0.170. The topological polar surface area (TPSA) is 38.8 Å². The molecule has 0 amide bonds. The van der Waals surface area contributed by atoms with Crippen LogP contribution < -0.4 is 0 Å². The molecule has 1 heterocycles. The molecule has 0 N–H and O–H groups in total. The van der Waals surface area contributed by atoms with Gasteiger partial charge < -0.3 is 9.47 Å². The van der Waals surface area contributed by atoms with Crippen molar-refractivity contribution < 1.29 is 14.3 Å². The zero-order valence-corrected chi connectivity index (χ0v) is 14.0. The van der Waals surface area contributed by atoms with Crippen molar-refractivity contribution >= 4 is 40.3 Å². The smallest absolute Gasteiger partial charge is 0.179 e. The average Bonchev–Trinajstić information content (AvgIpc) is 2.75. The minimum Gasteiger partial charge on any atom is -0.385 e. The van der Waals surface area contributed by atoms with E-state index in [1.807, 2.05) is 4.90 Å². The Morgan fingerprint density at radius 3 is 2.50 bits per heavy atom. The quantitative estimate of drug-likeness (QED) is 0.484. The second-order valence-electron chi connectivity index (χ2n) is 4.28. The molecule has 1 aromatic rings. The van der Waals surface area contributed by atoms with Crippen LogP contribution in [0.15, 0.2) is 6.07 Å². The highest BCUT2D eigenvalue weighted by Crippen LogP contribution is 2.31. The minimum atomic E-state index is -0.0216. The van der Waals surface area contributed by atoms with Gasteiger partial charge in [-0.05, 0) is 12.5 Å². The normalized spacial score (nSPS) is 11.2. The lowest BCUT2D eigenvalue weighted by atomic mass is 10.2. The van der Waals surface area contributed by atoms with Gasteiger partial charge in [0.2, 0.25) is 0 Å². The highest BCUT2D eigenvalue weighted by Gasteiger charge is 2.17. The predicted molar refractivity (Wildman–Crippen MR) is 83.5 cm³/mol. The van der Waals surface area contributed by atoms with Crippen LogP contribution in [0.25, 0.3) is 0 Å². The van der Waals surface area contributed by atoms with Crippen LogP contribution in [0.5, 0.6) is 0 Å². The third kappa shape index (κ3) is 6.08. The number of nitrogens with zero attached hydrogens (tertiary/aromatic N) is 1. The van der Waals surface area contributed by atoms with E-state index in [1.54, 1.807) is 20.3 Å². The summed E-state index contributed by atoms with van der Waals surface area (Å²) in [5.74, 6) is -0.0216. The lowest BCUT2D eigenvalue weighted by molar-refractivity contribution is 0.0878. The molecule has 0 spiro atoms. The van der Waals surface area contributed by atoms with Crippen LogP contribution in [0.4, 0.5) is 0 Å². The van der Waals surface area contributed by atoms with E-state index in [4.69, 9.17) is 32.7 Å². The van der Waals surface area contributed by atoms with Gasteiger partial charge in [0.15, 0.2) is 5.78 Å². The summed E-state index contributed by atoms with van der Waals surface area (Å²) in [5, 5.41) is 0. The van der Waals surface area contributed by atoms with Crippen LogP contribution in [-0.2, 0) is 9.47 Å². The fourth-order valence-corrected chi connectivity index (χ4v) is 3.24. The van der Waals surface area contributed by atoms with Crippen molar-refractivity contribution in [2.45, 2.75) is 6.42 Å². The molecule has 1 aromatic heterocycles. The fourth-order valence-electron chi connectivity index (χ4n) is 1.74. The molecular formula is C13H19Cl2NO3S. The van der Waals surface area contributed by atoms with Crippen molar-refractivity contribution in [1.82, 2.24) is 4.90 Å². The Kier molecular flexibility index (Phi) is 8.68. The zero-order chi connectivity index (χ0) is 15.0. The Labute approximate surface area is 133 Å². The van der Waals surface area contributed by atoms with Crippen LogP contribution in [0.2, 0.25) is 8.67 Å². The van der Waals surface area contributed by atoms with Crippen LogP contribution >= 0.6 is 34.5 Å². The van der Waals surface area contributed by atoms with Crippen LogP contribution in [0, 0.1) is 0 Å². The van der Waals surface area contributed by atoms with Gasteiger partial charge >= 0.3 is 0 Å². The van der Waals surface area contributed by atoms with E-state index in [-0.39, 0.29) is 5.78 Å². The molecule has 0 fully saturated rings. The molecule has 0 aliphatic rings.